The molecule has 29 heavy (non-hydrogen) atoms. The van der Waals surface area contributed by atoms with Crippen molar-refractivity contribution in [2.75, 3.05) is 11.6 Å². The van der Waals surface area contributed by atoms with E-state index in [-0.39, 0.29) is 11.7 Å². The number of amides is 1. The van der Waals surface area contributed by atoms with E-state index >= 15 is 0 Å². The minimum atomic E-state index is -3.14. The van der Waals surface area contributed by atoms with Crippen molar-refractivity contribution < 1.29 is 13.2 Å². The summed E-state index contributed by atoms with van der Waals surface area (Å²) in [6, 6.07) is 16.5. The van der Waals surface area contributed by atoms with Crippen molar-refractivity contribution >= 4 is 37.4 Å². The maximum absolute atomic E-state index is 12.8. The van der Waals surface area contributed by atoms with Gasteiger partial charge in [-0.2, -0.15) is 0 Å². The molecule has 0 saturated carbocycles. The van der Waals surface area contributed by atoms with Crippen LogP contribution in [-0.2, 0) is 22.0 Å². The van der Waals surface area contributed by atoms with Gasteiger partial charge in [-0.05, 0) is 69.9 Å². The van der Waals surface area contributed by atoms with Crippen LogP contribution in [0.5, 0.6) is 0 Å². The summed E-state index contributed by atoms with van der Waals surface area (Å²) >= 11 is 3.38. The summed E-state index contributed by atoms with van der Waals surface area (Å²) in [5, 5.41) is 2.91. The third kappa shape index (κ3) is 5.52. The Hall–Kier alpha value is -2.51. The van der Waals surface area contributed by atoms with Gasteiger partial charge in [-0.3, -0.25) is 9.78 Å². The lowest BCUT2D eigenvalue weighted by Crippen LogP contribution is -2.13. The second-order valence-electron chi connectivity index (χ2n) is 6.78. The second-order valence-corrected chi connectivity index (χ2v) is 9.77. The van der Waals surface area contributed by atoms with E-state index in [2.05, 4.69) is 33.2 Å². The summed E-state index contributed by atoms with van der Waals surface area (Å²) in [7, 11) is -3.14. The smallest absolute Gasteiger partial charge is 0.256 e. The monoisotopic (exact) mass is 472 g/mol. The molecule has 0 fully saturated rings. The number of hydrogen-bond donors (Lipinski definition) is 1. The number of aryl methyl sites for hydroxylation is 1. The number of pyridine rings is 1. The van der Waals surface area contributed by atoms with Crippen molar-refractivity contribution in [1.82, 2.24) is 4.98 Å². The first-order valence-corrected chi connectivity index (χ1v) is 11.9. The Morgan fingerprint density at radius 2 is 1.90 bits per heavy atom. The van der Waals surface area contributed by atoms with Crippen molar-refractivity contribution in [3.63, 3.8) is 0 Å². The van der Waals surface area contributed by atoms with Gasteiger partial charge in [0.25, 0.3) is 5.91 Å². The Balaban J connectivity index is 1.86. The number of carbonyl (C=O) groups excluding carboxylic acids is 1. The molecule has 7 heteroatoms. The van der Waals surface area contributed by atoms with Crippen molar-refractivity contribution in [2.45, 2.75) is 19.1 Å². The molecule has 0 aliphatic rings. The van der Waals surface area contributed by atoms with E-state index in [4.69, 9.17) is 0 Å². The quantitative estimate of drug-likeness (QED) is 0.554. The number of anilines is 1. The molecule has 0 aliphatic carbocycles. The molecule has 1 aromatic heterocycles. The Morgan fingerprint density at radius 1 is 1.10 bits per heavy atom. The first-order valence-electron chi connectivity index (χ1n) is 9.08. The highest BCUT2D eigenvalue weighted by atomic mass is 79.9. The summed E-state index contributed by atoms with van der Waals surface area (Å²) in [6.07, 6.45) is 3.78. The maximum Gasteiger partial charge on any atom is 0.256 e. The minimum absolute atomic E-state index is 0.0700. The Labute approximate surface area is 179 Å². The third-order valence-electron chi connectivity index (χ3n) is 4.40. The highest BCUT2D eigenvalue weighted by molar-refractivity contribution is 9.10. The standard InChI is InChI=1S/C22H21BrN2O3S/c1-3-16-8-9-17(13-19(16)21-6-4-5-11-24-21)25-22(26)18-10-7-15(12-20(18)23)14-29(2,27)28/h4-13H,3,14H2,1-2H3,(H,25,26). The highest BCUT2D eigenvalue weighted by Gasteiger charge is 2.14. The van der Waals surface area contributed by atoms with Crippen LogP contribution in [0.25, 0.3) is 11.3 Å². The number of hydrogen-bond acceptors (Lipinski definition) is 4. The topological polar surface area (TPSA) is 76.1 Å². The molecule has 0 aliphatic heterocycles. The first kappa shape index (κ1) is 21.2. The SMILES string of the molecule is CCc1ccc(NC(=O)c2ccc(CS(C)(=O)=O)cc2Br)cc1-c1ccccn1. The van der Waals surface area contributed by atoms with E-state index in [0.717, 1.165) is 23.2 Å². The molecule has 0 unspecified atom stereocenters. The molecule has 1 amide bonds. The van der Waals surface area contributed by atoms with E-state index in [1.54, 1.807) is 24.4 Å². The largest absolute Gasteiger partial charge is 0.322 e. The van der Waals surface area contributed by atoms with Crippen LogP contribution in [0, 0.1) is 0 Å². The molecule has 0 bridgehead atoms. The zero-order valence-corrected chi connectivity index (χ0v) is 18.5. The van der Waals surface area contributed by atoms with E-state index < -0.39 is 9.84 Å². The molecule has 0 atom stereocenters. The van der Waals surface area contributed by atoms with Crippen molar-refractivity contribution in [1.29, 1.82) is 0 Å². The van der Waals surface area contributed by atoms with Gasteiger partial charge in [0.05, 0.1) is 17.0 Å². The molecular formula is C22H21BrN2O3S. The molecule has 0 saturated heterocycles. The van der Waals surface area contributed by atoms with E-state index in [0.29, 0.717) is 21.3 Å². The van der Waals surface area contributed by atoms with Crippen LogP contribution < -0.4 is 5.32 Å². The van der Waals surface area contributed by atoms with E-state index in [1.807, 2.05) is 36.4 Å². The summed E-state index contributed by atoms with van der Waals surface area (Å²) < 4.78 is 23.5. The van der Waals surface area contributed by atoms with Crippen LogP contribution in [0.2, 0.25) is 0 Å². The van der Waals surface area contributed by atoms with Gasteiger partial charge < -0.3 is 5.32 Å². The zero-order chi connectivity index (χ0) is 21.0. The number of carbonyl (C=O) groups is 1. The van der Waals surface area contributed by atoms with Crippen molar-refractivity contribution in [3.8, 4) is 11.3 Å². The molecule has 0 radical (unpaired) electrons. The van der Waals surface area contributed by atoms with Crippen molar-refractivity contribution in [3.05, 3.63) is 82.0 Å². The molecule has 150 valence electrons. The zero-order valence-electron chi connectivity index (χ0n) is 16.1. The van der Waals surface area contributed by atoms with Gasteiger partial charge >= 0.3 is 0 Å². The van der Waals surface area contributed by atoms with Crippen LogP contribution in [0.1, 0.15) is 28.4 Å². The molecule has 0 spiro atoms. The molecule has 5 nitrogen and oxygen atoms in total. The van der Waals surface area contributed by atoms with Crippen LogP contribution in [0.3, 0.4) is 0 Å². The maximum atomic E-state index is 12.8. The Morgan fingerprint density at radius 3 is 2.52 bits per heavy atom. The average Bonchev–Trinajstić information content (AvgIpc) is 2.67. The van der Waals surface area contributed by atoms with Gasteiger partial charge in [-0.1, -0.05) is 25.1 Å². The molecule has 3 rings (SSSR count). The Bertz CT molecular complexity index is 1150. The number of aromatic nitrogens is 1. The lowest BCUT2D eigenvalue weighted by molar-refractivity contribution is 0.102. The summed E-state index contributed by atoms with van der Waals surface area (Å²) in [5.74, 6) is -0.349. The van der Waals surface area contributed by atoms with Crippen molar-refractivity contribution in [2.24, 2.45) is 0 Å². The second kappa shape index (κ2) is 8.88. The van der Waals surface area contributed by atoms with E-state index in [9.17, 15) is 13.2 Å². The molecule has 2 aromatic carbocycles. The van der Waals surface area contributed by atoms with Gasteiger partial charge in [-0.15, -0.1) is 0 Å². The van der Waals surface area contributed by atoms with Crippen LogP contribution in [-0.4, -0.2) is 25.6 Å². The number of nitrogens with one attached hydrogen (secondary N) is 1. The van der Waals surface area contributed by atoms with Gasteiger partial charge in [0.1, 0.15) is 0 Å². The van der Waals surface area contributed by atoms with Gasteiger partial charge in [-0.25, -0.2) is 8.42 Å². The number of benzene rings is 2. The molecular weight excluding hydrogens is 452 g/mol. The lowest BCUT2D eigenvalue weighted by Gasteiger charge is -2.12. The van der Waals surface area contributed by atoms with Gasteiger partial charge in [0.15, 0.2) is 9.84 Å². The summed E-state index contributed by atoms with van der Waals surface area (Å²) in [5.41, 5.74) is 4.70. The fourth-order valence-corrected chi connectivity index (χ4v) is 4.45. The predicted molar refractivity (Wildman–Crippen MR) is 120 cm³/mol. The number of nitrogens with zero attached hydrogens (tertiary/aromatic N) is 1. The minimum Gasteiger partial charge on any atom is -0.322 e. The first-order chi connectivity index (χ1) is 13.8. The van der Waals surface area contributed by atoms with Gasteiger partial charge in [0.2, 0.25) is 0 Å². The average molecular weight is 473 g/mol. The fourth-order valence-electron chi connectivity index (χ4n) is 3.06. The summed E-state index contributed by atoms with van der Waals surface area (Å²) in [6.45, 7) is 2.08. The van der Waals surface area contributed by atoms with Crippen LogP contribution in [0.4, 0.5) is 5.69 Å². The molecule has 1 heterocycles. The fraction of sp³-hybridized carbons (Fsp3) is 0.182. The molecule has 1 N–H and O–H groups in total. The number of halogens is 1. The predicted octanol–water partition coefficient (Wildman–Crippen LogP) is 4.87. The lowest BCUT2D eigenvalue weighted by atomic mass is 10.0. The van der Waals surface area contributed by atoms with Crippen LogP contribution in [0.15, 0.2) is 65.3 Å². The normalized spacial score (nSPS) is 11.3. The Kier molecular flexibility index (Phi) is 6.49. The number of rotatable bonds is 6. The van der Waals surface area contributed by atoms with Gasteiger partial charge in [0, 0.05) is 28.2 Å². The highest BCUT2D eigenvalue weighted by Crippen LogP contribution is 2.27. The van der Waals surface area contributed by atoms with Crippen LogP contribution >= 0.6 is 15.9 Å². The number of sulfone groups is 1. The molecule has 3 aromatic rings. The summed E-state index contributed by atoms with van der Waals surface area (Å²) in [4.78, 5) is 17.2. The van der Waals surface area contributed by atoms with E-state index in [1.165, 1.54) is 6.26 Å². The third-order valence-corrected chi connectivity index (χ3v) is 5.91.